The standard InChI is InChI=1S/C30H29N5O2/c1-18(19-7-8-19)37-30(36)34-22-12-9-20(10-13-22)29-25(17-31)24-14-11-21(28-26(32)6-3-15-33-28)16-27(24)35(29)23-4-2-5-23/h3,6,9-16,18-19,23H,2,4-5,7-8,32H2,1H3,(H,34,36)/t18-/m1/s1. The minimum absolute atomic E-state index is 0.0676. The summed E-state index contributed by atoms with van der Waals surface area (Å²) >= 11 is 0. The predicted molar refractivity (Wildman–Crippen MR) is 145 cm³/mol. The van der Waals surface area contributed by atoms with Gasteiger partial charge in [-0.3, -0.25) is 10.3 Å². The van der Waals surface area contributed by atoms with E-state index < -0.39 is 6.09 Å². The summed E-state index contributed by atoms with van der Waals surface area (Å²) in [6, 6.07) is 20.2. The average Bonchev–Trinajstić information content (AvgIpc) is 3.67. The Morgan fingerprint density at radius 3 is 2.54 bits per heavy atom. The van der Waals surface area contributed by atoms with Crippen LogP contribution in [0.4, 0.5) is 16.2 Å². The fourth-order valence-corrected chi connectivity index (χ4v) is 5.23. The number of carbonyl (C=O) groups excluding carboxylic acids is 1. The lowest BCUT2D eigenvalue weighted by Gasteiger charge is -2.30. The van der Waals surface area contributed by atoms with Crippen LogP contribution in [0.5, 0.6) is 0 Å². The second-order valence-electron chi connectivity index (χ2n) is 10.1. The number of fused-ring (bicyclic) bond motifs is 1. The molecule has 0 spiro atoms. The van der Waals surface area contributed by atoms with Crippen LogP contribution < -0.4 is 11.1 Å². The van der Waals surface area contributed by atoms with Crippen molar-refractivity contribution in [2.45, 2.75) is 51.2 Å². The van der Waals surface area contributed by atoms with Crippen LogP contribution >= 0.6 is 0 Å². The predicted octanol–water partition coefficient (Wildman–Crippen LogP) is 6.90. The van der Waals surface area contributed by atoms with Gasteiger partial charge in [-0.2, -0.15) is 5.26 Å². The van der Waals surface area contributed by atoms with Gasteiger partial charge in [-0.1, -0.05) is 24.3 Å². The van der Waals surface area contributed by atoms with Crippen molar-refractivity contribution >= 4 is 28.4 Å². The molecule has 2 saturated carbocycles. The Morgan fingerprint density at radius 2 is 1.89 bits per heavy atom. The molecule has 2 heterocycles. The second kappa shape index (κ2) is 9.29. The lowest BCUT2D eigenvalue weighted by atomic mass is 9.92. The molecule has 4 aromatic rings. The Morgan fingerprint density at radius 1 is 1.14 bits per heavy atom. The summed E-state index contributed by atoms with van der Waals surface area (Å²) < 4.78 is 7.80. The van der Waals surface area contributed by atoms with E-state index >= 15 is 0 Å². The Hall–Kier alpha value is -4.31. The molecule has 2 aromatic carbocycles. The lowest BCUT2D eigenvalue weighted by molar-refractivity contribution is 0.108. The largest absolute Gasteiger partial charge is 0.446 e. The molecule has 1 amide bonds. The fraction of sp³-hybridized carbons (Fsp3) is 0.300. The van der Waals surface area contributed by atoms with Gasteiger partial charge in [0.2, 0.25) is 0 Å². The van der Waals surface area contributed by atoms with Gasteiger partial charge in [0.05, 0.1) is 28.2 Å². The summed E-state index contributed by atoms with van der Waals surface area (Å²) in [5, 5.41) is 14.0. The third-order valence-corrected chi connectivity index (χ3v) is 7.65. The molecule has 2 aliphatic carbocycles. The number of nitriles is 1. The molecule has 1 atom stereocenters. The Kier molecular flexibility index (Phi) is 5.80. The molecule has 0 radical (unpaired) electrons. The summed E-state index contributed by atoms with van der Waals surface area (Å²) in [4.78, 5) is 16.8. The smallest absolute Gasteiger partial charge is 0.411 e. The van der Waals surface area contributed by atoms with Crippen molar-refractivity contribution in [2.75, 3.05) is 11.1 Å². The third kappa shape index (κ3) is 4.29. The van der Waals surface area contributed by atoms with Crippen LogP contribution in [0.2, 0.25) is 0 Å². The molecule has 2 fully saturated rings. The number of ether oxygens (including phenoxy) is 1. The number of pyridine rings is 1. The monoisotopic (exact) mass is 491 g/mol. The van der Waals surface area contributed by atoms with Gasteiger partial charge in [-0.05, 0) is 80.8 Å². The van der Waals surface area contributed by atoms with Crippen LogP contribution in [0.15, 0.2) is 60.8 Å². The number of nitrogens with one attached hydrogen (secondary N) is 1. The number of aromatic nitrogens is 2. The van der Waals surface area contributed by atoms with Crippen LogP contribution in [0.1, 0.15) is 50.6 Å². The van der Waals surface area contributed by atoms with Gasteiger partial charge in [-0.15, -0.1) is 0 Å². The first kappa shape index (κ1) is 23.1. The molecular weight excluding hydrogens is 462 g/mol. The summed E-state index contributed by atoms with van der Waals surface area (Å²) in [6.07, 6.45) is 6.79. The normalized spacial score (nSPS) is 16.1. The van der Waals surface area contributed by atoms with Gasteiger partial charge in [0.1, 0.15) is 12.2 Å². The number of nitrogen functional groups attached to an aromatic ring is 1. The Balaban J connectivity index is 1.38. The van der Waals surface area contributed by atoms with Crippen molar-refractivity contribution < 1.29 is 9.53 Å². The van der Waals surface area contributed by atoms with E-state index in [4.69, 9.17) is 10.5 Å². The summed E-state index contributed by atoms with van der Waals surface area (Å²) in [5.41, 5.74) is 12.7. The summed E-state index contributed by atoms with van der Waals surface area (Å²) in [5.74, 6) is 0.487. The van der Waals surface area contributed by atoms with Gasteiger partial charge in [0.25, 0.3) is 0 Å². The van der Waals surface area contributed by atoms with Crippen LogP contribution in [-0.2, 0) is 4.74 Å². The van der Waals surface area contributed by atoms with E-state index in [0.29, 0.717) is 28.9 Å². The maximum atomic E-state index is 12.3. The highest BCUT2D eigenvalue weighted by molar-refractivity contribution is 5.97. The first-order chi connectivity index (χ1) is 18.0. The maximum absolute atomic E-state index is 12.3. The van der Waals surface area contributed by atoms with E-state index in [1.165, 1.54) is 6.42 Å². The first-order valence-electron chi connectivity index (χ1n) is 12.9. The second-order valence-corrected chi connectivity index (χ2v) is 10.1. The molecular formula is C30H29N5O2. The molecule has 0 bridgehead atoms. The fourth-order valence-electron chi connectivity index (χ4n) is 5.23. The number of hydrogen-bond donors (Lipinski definition) is 2. The zero-order valence-corrected chi connectivity index (χ0v) is 20.8. The van der Waals surface area contributed by atoms with Gasteiger partial charge < -0.3 is 15.0 Å². The highest BCUT2D eigenvalue weighted by Gasteiger charge is 2.31. The molecule has 7 heteroatoms. The number of nitrogens with two attached hydrogens (primary N) is 1. The van der Waals surface area contributed by atoms with E-state index in [1.54, 1.807) is 6.20 Å². The maximum Gasteiger partial charge on any atom is 0.411 e. The zero-order chi connectivity index (χ0) is 25.5. The minimum atomic E-state index is -0.435. The van der Waals surface area contributed by atoms with Crippen LogP contribution in [-0.4, -0.2) is 21.7 Å². The van der Waals surface area contributed by atoms with Gasteiger partial charge >= 0.3 is 6.09 Å². The number of rotatable bonds is 6. The number of hydrogen-bond acceptors (Lipinski definition) is 5. The van der Waals surface area contributed by atoms with E-state index in [0.717, 1.165) is 59.1 Å². The molecule has 3 N–H and O–H groups in total. The van der Waals surface area contributed by atoms with Gasteiger partial charge in [0, 0.05) is 28.9 Å². The number of benzene rings is 2. The van der Waals surface area contributed by atoms with Crippen molar-refractivity contribution in [1.82, 2.24) is 9.55 Å². The minimum Gasteiger partial charge on any atom is -0.446 e. The molecule has 7 nitrogen and oxygen atoms in total. The van der Waals surface area contributed by atoms with Crippen LogP contribution in [0, 0.1) is 17.2 Å². The van der Waals surface area contributed by atoms with Gasteiger partial charge in [0.15, 0.2) is 0 Å². The van der Waals surface area contributed by atoms with Crippen molar-refractivity contribution in [3.05, 3.63) is 66.4 Å². The van der Waals surface area contributed by atoms with E-state index in [2.05, 4.69) is 27.0 Å². The highest BCUT2D eigenvalue weighted by atomic mass is 16.6. The number of nitrogens with zero attached hydrogens (tertiary/aromatic N) is 3. The third-order valence-electron chi connectivity index (χ3n) is 7.65. The number of carbonyl (C=O) groups is 1. The van der Waals surface area contributed by atoms with Gasteiger partial charge in [-0.25, -0.2) is 4.79 Å². The molecule has 2 aliphatic rings. The van der Waals surface area contributed by atoms with Crippen molar-refractivity contribution in [3.8, 4) is 28.6 Å². The Labute approximate surface area is 215 Å². The summed E-state index contributed by atoms with van der Waals surface area (Å²) in [7, 11) is 0. The molecule has 186 valence electrons. The van der Waals surface area contributed by atoms with E-state index in [1.807, 2.05) is 55.5 Å². The average molecular weight is 492 g/mol. The number of amides is 1. The van der Waals surface area contributed by atoms with Crippen molar-refractivity contribution in [1.29, 1.82) is 5.26 Å². The SMILES string of the molecule is C[C@@H](OC(=O)Nc1ccc(-c2c(C#N)c3ccc(-c4ncccc4N)cc3n2C2CCC2)cc1)C1CC1. The van der Waals surface area contributed by atoms with Crippen LogP contribution in [0.3, 0.4) is 0 Å². The molecule has 0 saturated heterocycles. The van der Waals surface area contributed by atoms with Crippen molar-refractivity contribution in [2.24, 2.45) is 5.92 Å². The molecule has 37 heavy (non-hydrogen) atoms. The molecule has 0 aliphatic heterocycles. The molecule has 6 rings (SSSR count). The van der Waals surface area contributed by atoms with E-state index in [-0.39, 0.29) is 6.10 Å². The highest BCUT2D eigenvalue weighted by Crippen LogP contribution is 2.43. The van der Waals surface area contributed by atoms with E-state index in [9.17, 15) is 10.1 Å². The summed E-state index contributed by atoms with van der Waals surface area (Å²) in [6.45, 7) is 1.94. The quantitative estimate of drug-likeness (QED) is 0.305. The first-order valence-corrected chi connectivity index (χ1v) is 12.9. The molecule has 0 unspecified atom stereocenters. The lowest BCUT2D eigenvalue weighted by Crippen LogP contribution is -2.21. The zero-order valence-electron chi connectivity index (χ0n) is 20.8. The van der Waals surface area contributed by atoms with Crippen molar-refractivity contribution in [3.63, 3.8) is 0 Å². The molecule has 2 aromatic heterocycles. The van der Waals surface area contributed by atoms with Crippen LogP contribution in [0.25, 0.3) is 33.4 Å². The Bertz CT molecular complexity index is 1520. The topological polar surface area (TPSA) is 106 Å². The number of anilines is 2.